The maximum Gasteiger partial charge on any atom is 0.243 e. The van der Waals surface area contributed by atoms with Crippen LogP contribution in [0.3, 0.4) is 0 Å². The van der Waals surface area contributed by atoms with Crippen LogP contribution in [-0.4, -0.2) is 42.7 Å². The standard InChI is InChI=1S/C27H39N3O3S/c31-27(28-21-11-5-2-1-3-6-12-21)20-10-9-17-30(19-20)34(32,33)22-15-16-26-24(18-22)23-13-7-4-8-14-25(23)29-26/h15-16,18,20-21,29H,1-14,17,19H2,(H,28,31)/t20-/m0/s1. The summed E-state index contributed by atoms with van der Waals surface area (Å²) in [6.07, 6.45) is 15.3. The fourth-order valence-corrected chi connectivity index (χ4v) is 7.72. The molecule has 1 aromatic heterocycles. The minimum absolute atomic E-state index is 0.0388. The third-order valence-corrected chi connectivity index (χ3v) is 10.0. The van der Waals surface area contributed by atoms with Crippen molar-refractivity contribution in [3.63, 3.8) is 0 Å². The first kappa shape index (κ1) is 23.9. The molecule has 6 nitrogen and oxygen atoms in total. The Bertz CT molecular complexity index is 1120. The van der Waals surface area contributed by atoms with Crippen molar-refractivity contribution in [3.8, 4) is 0 Å². The van der Waals surface area contributed by atoms with Gasteiger partial charge in [0.05, 0.1) is 10.8 Å². The van der Waals surface area contributed by atoms with Crippen LogP contribution in [0.5, 0.6) is 0 Å². The molecule has 1 atom stereocenters. The number of aromatic amines is 1. The molecule has 2 heterocycles. The number of piperidine rings is 1. The number of fused-ring (bicyclic) bond motifs is 3. The van der Waals surface area contributed by atoms with Crippen molar-refractivity contribution in [2.24, 2.45) is 5.92 Å². The van der Waals surface area contributed by atoms with Crippen LogP contribution in [0, 0.1) is 5.92 Å². The molecule has 2 aromatic rings. The minimum Gasteiger partial charge on any atom is -0.358 e. The highest BCUT2D eigenvalue weighted by Gasteiger charge is 2.34. The van der Waals surface area contributed by atoms with E-state index in [2.05, 4.69) is 10.3 Å². The summed E-state index contributed by atoms with van der Waals surface area (Å²) in [5.74, 6) is -0.224. The van der Waals surface area contributed by atoms with Crippen LogP contribution in [-0.2, 0) is 27.7 Å². The van der Waals surface area contributed by atoms with E-state index in [1.807, 2.05) is 12.1 Å². The Balaban J connectivity index is 1.31. The number of amides is 1. The van der Waals surface area contributed by atoms with E-state index in [1.54, 1.807) is 10.4 Å². The topological polar surface area (TPSA) is 82.3 Å². The van der Waals surface area contributed by atoms with Gasteiger partial charge in [-0.3, -0.25) is 4.79 Å². The lowest BCUT2D eigenvalue weighted by Crippen LogP contribution is -2.47. The summed E-state index contributed by atoms with van der Waals surface area (Å²) in [4.78, 5) is 16.9. The average Bonchev–Trinajstić information content (AvgIpc) is 3.00. The molecule has 1 amide bonds. The Labute approximate surface area is 203 Å². The van der Waals surface area contributed by atoms with E-state index in [9.17, 15) is 13.2 Å². The van der Waals surface area contributed by atoms with Gasteiger partial charge < -0.3 is 10.3 Å². The Hall–Kier alpha value is -1.86. The van der Waals surface area contributed by atoms with Crippen LogP contribution in [0.2, 0.25) is 0 Å². The maximum absolute atomic E-state index is 13.6. The average molecular weight is 486 g/mol. The zero-order valence-electron chi connectivity index (χ0n) is 20.3. The van der Waals surface area contributed by atoms with Gasteiger partial charge in [-0.1, -0.05) is 38.5 Å². The third kappa shape index (κ3) is 5.06. The summed E-state index contributed by atoms with van der Waals surface area (Å²) in [7, 11) is -3.64. The van der Waals surface area contributed by atoms with Crippen molar-refractivity contribution < 1.29 is 13.2 Å². The van der Waals surface area contributed by atoms with E-state index >= 15 is 0 Å². The highest BCUT2D eigenvalue weighted by molar-refractivity contribution is 7.89. The number of carbonyl (C=O) groups is 1. The van der Waals surface area contributed by atoms with Crippen molar-refractivity contribution in [3.05, 3.63) is 29.5 Å². The molecular formula is C27H39N3O3S. The van der Waals surface area contributed by atoms with Crippen LogP contribution in [0.25, 0.3) is 10.9 Å². The van der Waals surface area contributed by atoms with Crippen molar-refractivity contribution in [2.75, 3.05) is 13.1 Å². The van der Waals surface area contributed by atoms with Crippen molar-refractivity contribution in [2.45, 2.75) is 101 Å². The van der Waals surface area contributed by atoms with E-state index < -0.39 is 10.0 Å². The largest absolute Gasteiger partial charge is 0.358 e. The number of rotatable bonds is 4. The minimum atomic E-state index is -3.64. The number of hydrogen-bond donors (Lipinski definition) is 2. The van der Waals surface area contributed by atoms with Crippen LogP contribution >= 0.6 is 0 Å². The number of H-pyrrole nitrogens is 1. The smallest absolute Gasteiger partial charge is 0.243 e. The summed E-state index contributed by atoms with van der Waals surface area (Å²) >= 11 is 0. The maximum atomic E-state index is 13.6. The molecule has 186 valence electrons. The molecule has 5 rings (SSSR count). The molecule has 1 aromatic carbocycles. The number of nitrogens with one attached hydrogen (secondary N) is 2. The summed E-state index contributed by atoms with van der Waals surface area (Å²) in [6, 6.07) is 5.75. The molecule has 1 aliphatic heterocycles. The fourth-order valence-electron chi connectivity index (χ4n) is 6.17. The Morgan fingerprint density at radius 2 is 1.65 bits per heavy atom. The van der Waals surface area contributed by atoms with Crippen LogP contribution in [0.15, 0.2) is 23.1 Å². The second-order valence-corrected chi connectivity index (χ2v) is 12.5. The van der Waals surface area contributed by atoms with Crippen molar-refractivity contribution in [1.82, 2.24) is 14.6 Å². The van der Waals surface area contributed by atoms with Gasteiger partial charge in [0.15, 0.2) is 0 Å². The molecule has 0 unspecified atom stereocenters. The number of nitrogens with zero attached hydrogens (tertiary/aromatic N) is 1. The van der Waals surface area contributed by atoms with Gasteiger partial charge in [0.1, 0.15) is 0 Å². The predicted octanol–water partition coefficient (Wildman–Crippen LogP) is 5.07. The molecule has 1 saturated heterocycles. The SMILES string of the molecule is O=C(NC1CCCCCCC1)[C@H]1CCCN(S(=O)(=O)c2ccc3[nH]c4c(c3c2)CCCCC4)C1. The Kier molecular flexibility index (Phi) is 7.30. The van der Waals surface area contributed by atoms with Crippen LogP contribution < -0.4 is 5.32 Å². The highest BCUT2D eigenvalue weighted by Crippen LogP contribution is 2.32. The Morgan fingerprint density at radius 3 is 2.47 bits per heavy atom. The van der Waals surface area contributed by atoms with Gasteiger partial charge in [0.2, 0.25) is 15.9 Å². The fraction of sp³-hybridized carbons (Fsp3) is 0.667. The first-order chi connectivity index (χ1) is 16.5. The van der Waals surface area contributed by atoms with Crippen molar-refractivity contribution >= 4 is 26.8 Å². The Morgan fingerprint density at radius 1 is 0.912 bits per heavy atom. The number of carbonyl (C=O) groups excluding carboxylic acids is 1. The molecule has 2 N–H and O–H groups in total. The third-order valence-electron chi connectivity index (χ3n) is 8.16. The van der Waals surface area contributed by atoms with E-state index in [-0.39, 0.29) is 24.4 Å². The number of hydrogen-bond acceptors (Lipinski definition) is 3. The lowest BCUT2D eigenvalue weighted by molar-refractivity contribution is -0.126. The van der Waals surface area contributed by atoms with Gasteiger partial charge >= 0.3 is 0 Å². The first-order valence-electron chi connectivity index (χ1n) is 13.5. The van der Waals surface area contributed by atoms with Gasteiger partial charge in [0.25, 0.3) is 0 Å². The second-order valence-electron chi connectivity index (χ2n) is 10.6. The van der Waals surface area contributed by atoms with E-state index in [0.29, 0.717) is 11.4 Å². The van der Waals surface area contributed by atoms with Gasteiger partial charge in [-0.2, -0.15) is 4.31 Å². The molecule has 1 saturated carbocycles. The number of sulfonamides is 1. The summed E-state index contributed by atoms with van der Waals surface area (Å²) < 4.78 is 28.8. The van der Waals surface area contributed by atoms with Gasteiger partial charge in [-0.25, -0.2) is 8.42 Å². The van der Waals surface area contributed by atoms with Gasteiger partial charge in [0, 0.05) is 35.7 Å². The monoisotopic (exact) mass is 485 g/mol. The summed E-state index contributed by atoms with van der Waals surface area (Å²) in [5, 5.41) is 4.31. The van der Waals surface area contributed by atoms with E-state index in [0.717, 1.165) is 55.8 Å². The van der Waals surface area contributed by atoms with Crippen molar-refractivity contribution in [1.29, 1.82) is 0 Å². The van der Waals surface area contributed by atoms with Crippen LogP contribution in [0.1, 0.15) is 88.3 Å². The predicted molar refractivity (Wildman–Crippen MR) is 135 cm³/mol. The lowest BCUT2D eigenvalue weighted by atomic mass is 9.94. The zero-order chi connectivity index (χ0) is 23.5. The molecule has 7 heteroatoms. The molecule has 34 heavy (non-hydrogen) atoms. The second kappa shape index (κ2) is 10.4. The first-order valence-corrected chi connectivity index (χ1v) is 14.9. The molecule has 0 radical (unpaired) electrons. The molecule has 2 fully saturated rings. The molecular weight excluding hydrogens is 446 g/mol. The summed E-state index contributed by atoms with van der Waals surface area (Å²) in [5.41, 5.74) is 3.59. The van der Waals surface area contributed by atoms with E-state index in [4.69, 9.17) is 0 Å². The van der Waals surface area contributed by atoms with Crippen LogP contribution in [0.4, 0.5) is 0 Å². The molecule has 2 aliphatic carbocycles. The summed E-state index contributed by atoms with van der Waals surface area (Å²) in [6.45, 7) is 0.767. The number of benzene rings is 1. The molecule has 0 spiro atoms. The molecule has 0 bridgehead atoms. The highest BCUT2D eigenvalue weighted by atomic mass is 32.2. The van der Waals surface area contributed by atoms with Gasteiger partial charge in [-0.15, -0.1) is 0 Å². The zero-order valence-corrected chi connectivity index (χ0v) is 21.1. The lowest BCUT2D eigenvalue weighted by Gasteiger charge is -2.32. The number of aryl methyl sites for hydroxylation is 2. The quantitative estimate of drug-likeness (QED) is 0.594. The van der Waals surface area contributed by atoms with E-state index in [1.165, 1.54) is 56.2 Å². The van der Waals surface area contributed by atoms with Gasteiger partial charge in [-0.05, 0) is 75.1 Å². The normalized spacial score (nSPS) is 23.6. The molecule has 3 aliphatic rings. The number of aromatic nitrogens is 1.